The molecule has 0 radical (unpaired) electrons. The highest BCUT2D eigenvalue weighted by Gasteiger charge is 2.34. The maximum Gasteiger partial charge on any atom is 0.252 e. The van der Waals surface area contributed by atoms with E-state index in [0.717, 1.165) is 28.6 Å². The molecule has 30 heavy (non-hydrogen) atoms. The Bertz CT molecular complexity index is 1220. The number of rotatable bonds is 4. The van der Waals surface area contributed by atoms with Crippen LogP contribution in [-0.4, -0.2) is 29.0 Å². The topological polar surface area (TPSA) is 64.1 Å². The summed E-state index contributed by atoms with van der Waals surface area (Å²) in [6, 6.07) is 15.5. The average Bonchev–Trinajstić information content (AvgIpc) is 3.28. The lowest BCUT2D eigenvalue weighted by molar-refractivity contribution is -0.0425. The van der Waals surface area contributed by atoms with Gasteiger partial charge in [0.25, 0.3) is 5.91 Å². The van der Waals surface area contributed by atoms with Gasteiger partial charge in [0, 0.05) is 34.6 Å². The Hall–Kier alpha value is -3.09. The number of fused-ring (bicyclic) bond motifs is 2. The Balaban J connectivity index is 1.48. The molecule has 1 aliphatic heterocycles. The van der Waals surface area contributed by atoms with E-state index in [1.165, 1.54) is 10.4 Å². The summed E-state index contributed by atoms with van der Waals surface area (Å²) in [5.74, 6) is -0.129. The second-order valence-electron chi connectivity index (χ2n) is 7.58. The molecule has 0 bridgehead atoms. The maximum absolute atomic E-state index is 13.3. The third-order valence-electron chi connectivity index (χ3n) is 5.59. The van der Waals surface area contributed by atoms with E-state index in [4.69, 9.17) is 9.72 Å². The van der Waals surface area contributed by atoms with Crippen molar-refractivity contribution in [3.05, 3.63) is 82.3 Å². The van der Waals surface area contributed by atoms with Gasteiger partial charge in [-0.2, -0.15) is 0 Å². The van der Waals surface area contributed by atoms with Crippen molar-refractivity contribution in [1.82, 2.24) is 15.3 Å². The van der Waals surface area contributed by atoms with Crippen molar-refractivity contribution < 1.29 is 9.53 Å². The van der Waals surface area contributed by atoms with Crippen LogP contribution in [0.2, 0.25) is 0 Å². The minimum atomic E-state index is -0.514. The summed E-state index contributed by atoms with van der Waals surface area (Å²) in [4.78, 5) is 23.4. The number of hydrogen-bond donors (Lipinski definition) is 1. The van der Waals surface area contributed by atoms with Crippen molar-refractivity contribution in [2.45, 2.75) is 18.9 Å². The van der Waals surface area contributed by atoms with Crippen molar-refractivity contribution in [2.24, 2.45) is 0 Å². The van der Waals surface area contributed by atoms with Crippen LogP contribution in [0.5, 0.6) is 0 Å². The van der Waals surface area contributed by atoms with Crippen molar-refractivity contribution in [1.29, 1.82) is 0 Å². The lowest BCUT2D eigenvalue weighted by atomic mass is 9.93. The first-order valence-electron chi connectivity index (χ1n) is 9.93. The van der Waals surface area contributed by atoms with Crippen LogP contribution in [0.1, 0.15) is 27.7 Å². The molecule has 1 atom stereocenters. The van der Waals surface area contributed by atoms with Crippen LogP contribution in [0.4, 0.5) is 0 Å². The molecule has 1 amide bonds. The molecule has 5 nitrogen and oxygen atoms in total. The van der Waals surface area contributed by atoms with E-state index in [-0.39, 0.29) is 5.91 Å². The highest BCUT2D eigenvalue weighted by Crippen LogP contribution is 2.35. The Kier molecular flexibility index (Phi) is 4.81. The van der Waals surface area contributed by atoms with E-state index in [0.29, 0.717) is 18.7 Å². The van der Waals surface area contributed by atoms with Gasteiger partial charge in [0.15, 0.2) is 0 Å². The average molecular weight is 416 g/mol. The minimum Gasteiger partial charge on any atom is -0.368 e. The van der Waals surface area contributed by atoms with Crippen molar-refractivity contribution in [2.75, 3.05) is 13.2 Å². The molecule has 150 valence electrons. The number of carbonyl (C=O) groups excluding carboxylic acids is 1. The summed E-state index contributed by atoms with van der Waals surface area (Å²) < 4.78 is 6.09. The maximum atomic E-state index is 13.3. The van der Waals surface area contributed by atoms with E-state index in [9.17, 15) is 4.79 Å². The van der Waals surface area contributed by atoms with Gasteiger partial charge in [-0.1, -0.05) is 18.2 Å². The first kappa shape index (κ1) is 18.9. The largest absolute Gasteiger partial charge is 0.368 e. The van der Waals surface area contributed by atoms with Crippen molar-refractivity contribution >= 4 is 28.1 Å². The van der Waals surface area contributed by atoms with Gasteiger partial charge in [0.1, 0.15) is 5.60 Å². The van der Waals surface area contributed by atoms with Crippen molar-refractivity contribution in [3.8, 4) is 11.3 Å². The Morgan fingerprint density at radius 2 is 2.03 bits per heavy atom. The molecule has 6 heteroatoms. The van der Waals surface area contributed by atoms with E-state index >= 15 is 0 Å². The third kappa shape index (κ3) is 3.38. The smallest absolute Gasteiger partial charge is 0.252 e. The number of nitrogens with one attached hydrogen (secondary N) is 1. The fraction of sp³-hybridized carbons (Fsp3) is 0.208. The van der Waals surface area contributed by atoms with Crippen LogP contribution in [-0.2, 0) is 16.8 Å². The molecule has 0 spiro atoms. The van der Waals surface area contributed by atoms with Gasteiger partial charge in [-0.25, -0.2) is 4.98 Å². The molecule has 0 fully saturated rings. The molecule has 0 saturated carbocycles. The number of benzene rings is 1. The van der Waals surface area contributed by atoms with Crippen LogP contribution in [0.25, 0.3) is 22.2 Å². The highest BCUT2D eigenvalue weighted by molar-refractivity contribution is 7.10. The summed E-state index contributed by atoms with van der Waals surface area (Å²) in [5, 5.41) is 6.04. The van der Waals surface area contributed by atoms with Crippen LogP contribution in [0.3, 0.4) is 0 Å². The minimum absolute atomic E-state index is 0.129. The van der Waals surface area contributed by atoms with Gasteiger partial charge in [0.05, 0.1) is 29.9 Å². The lowest BCUT2D eigenvalue weighted by Gasteiger charge is -2.34. The quantitative estimate of drug-likeness (QED) is 0.530. The first-order chi connectivity index (χ1) is 14.6. The SMILES string of the molecule is CC1(CNC(=O)c2cc(-c3ccncc3)nc3ccccc23)OCCc2sccc21. The summed E-state index contributed by atoms with van der Waals surface area (Å²) >= 11 is 1.75. The lowest BCUT2D eigenvalue weighted by Crippen LogP contribution is -2.43. The van der Waals surface area contributed by atoms with E-state index in [1.807, 2.05) is 49.4 Å². The molecule has 4 heterocycles. The zero-order chi connectivity index (χ0) is 20.6. The Morgan fingerprint density at radius 3 is 2.90 bits per heavy atom. The summed E-state index contributed by atoms with van der Waals surface area (Å²) in [6.07, 6.45) is 4.39. The monoisotopic (exact) mass is 415 g/mol. The molecular formula is C24H21N3O2S. The van der Waals surface area contributed by atoms with E-state index in [1.54, 1.807) is 23.7 Å². The van der Waals surface area contributed by atoms with Crippen LogP contribution >= 0.6 is 11.3 Å². The Labute approximate surface area is 178 Å². The van der Waals surface area contributed by atoms with Crippen molar-refractivity contribution in [3.63, 3.8) is 0 Å². The summed E-state index contributed by atoms with van der Waals surface area (Å²) in [5.41, 5.74) is 3.74. The number of carbonyl (C=O) groups is 1. The number of para-hydroxylation sites is 1. The number of thiophene rings is 1. The Morgan fingerprint density at radius 1 is 1.20 bits per heavy atom. The van der Waals surface area contributed by atoms with Crippen LogP contribution in [0, 0.1) is 0 Å². The second-order valence-corrected chi connectivity index (χ2v) is 8.58. The van der Waals surface area contributed by atoms with E-state index < -0.39 is 5.60 Å². The number of pyridine rings is 2. The zero-order valence-electron chi connectivity index (χ0n) is 16.6. The molecule has 3 aromatic heterocycles. The summed E-state index contributed by atoms with van der Waals surface area (Å²) in [7, 11) is 0. The molecular weight excluding hydrogens is 394 g/mol. The predicted octanol–water partition coefficient (Wildman–Crippen LogP) is 4.58. The number of aromatic nitrogens is 2. The molecule has 0 saturated heterocycles. The molecule has 5 rings (SSSR count). The van der Waals surface area contributed by atoms with Crippen LogP contribution in [0.15, 0.2) is 66.3 Å². The van der Waals surface area contributed by atoms with Gasteiger partial charge in [-0.15, -0.1) is 11.3 Å². The van der Waals surface area contributed by atoms with E-state index in [2.05, 4.69) is 21.7 Å². The number of amides is 1. The molecule has 1 N–H and O–H groups in total. The molecule has 1 unspecified atom stereocenters. The number of ether oxygens (including phenoxy) is 1. The number of nitrogens with zero attached hydrogens (tertiary/aromatic N) is 2. The van der Waals surface area contributed by atoms with Gasteiger partial charge < -0.3 is 10.1 Å². The molecule has 4 aromatic rings. The fourth-order valence-electron chi connectivity index (χ4n) is 3.98. The highest BCUT2D eigenvalue weighted by atomic mass is 32.1. The summed E-state index contributed by atoms with van der Waals surface area (Å²) in [6.45, 7) is 3.13. The predicted molar refractivity (Wildman–Crippen MR) is 119 cm³/mol. The molecule has 1 aliphatic rings. The molecule has 0 aliphatic carbocycles. The third-order valence-corrected chi connectivity index (χ3v) is 6.57. The van der Waals surface area contributed by atoms with Crippen LogP contribution < -0.4 is 5.32 Å². The fourth-order valence-corrected chi connectivity index (χ4v) is 4.96. The zero-order valence-corrected chi connectivity index (χ0v) is 17.4. The van der Waals surface area contributed by atoms with Gasteiger partial charge in [-0.3, -0.25) is 9.78 Å². The molecule has 1 aromatic carbocycles. The first-order valence-corrected chi connectivity index (χ1v) is 10.8. The standard InChI is InChI=1S/C24H21N3O2S/c1-24(19-9-13-30-22(19)8-12-29-24)15-26-23(28)18-14-21(16-6-10-25-11-7-16)27-20-5-3-2-4-17(18)20/h2-7,9-11,13-14H,8,12,15H2,1H3,(H,26,28). The second kappa shape index (κ2) is 7.63. The van der Waals surface area contributed by atoms with Gasteiger partial charge in [0.2, 0.25) is 0 Å². The number of hydrogen-bond acceptors (Lipinski definition) is 5. The van der Waals surface area contributed by atoms with Gasteiger partial charge >= 0.3 is 0 Å². The van der Waals surface area contributed by atoms with Gasteiger partial charge in [-0.05, 0) is 48.2 Å². The normalized spacial score (nSPS) is 18.2.